The van der Waals surface area contributed by atoms with Gasteiger partial charge < -0.3 is 15.5 Å². The topological polar surface area (TPSA) is 61.4 Å². The average molecular weight is 343 g/mol. The molecular weight excluding hydrogens is 322 g/mol. The van der Waals surface area contributed by atoms with Gasteiger partial charge in [0.25, 0.3) is 0 Å². The van der Waals surface area contributed by atoms with Gasteiger partial charge in [0.15, 0.2) is 0 Å². The zero-order chi connectivity index (χ0) is 17.5. The summed E-state index contributed by atoms with van der Waals surface area (Å²) in [5, 5.41) is 5.23. The summed E-state index contributed by atoms with van der Waals surface area (Å²) in [6, 6.07) is 15.2. The fraction of sp³-hybridized carbons (Fsp3) is 0.222. The molecule has 0 fully saturated rings. The van der Waals surface area contributed by atoms with Gasteiger partial charge in [-0.15, -0.1) is 11.8 Å². The van der Waals surface area contributed by atoms with Gasteiger partial charge in [-0.05, 0) is 42.2 Å². The molecule has 0 saturated heterocycles. The van der Waals surface area contributed by atoms with Crippen molar-refractivity contribution in [3.63, 3.8) is 0 Å². The first kappa shape index (κ1) is 17.9. The molecule has 2 aromatic rings. The highest BCUT2D eigenvalue weighted by molar-refractivity contribution is 7.98. The number of thioether (sulfide) groups is 1. The molecule has 24 heavy (non-hydrogen) atoms. The number of anilines is 2. The van der Waals surface area contributed by atoms with Crippen LogP contribution >= 0.6 is 11.8 Å². The number of carbonyl (C=O) groups is 2. The van der Waals surface area contributed by atoms with E-state index in [0.717, 1.165) is 16.1 Å². The molecule has 0 aliphatic heterocycles. The van der Waals surface area contributed by atoms with E-state index in [4.69, 9.17) is 0 Å². The minimum atomic E-state index is -0.668. The van der Waals surface area contributed by atoms with E-state index in [0.29, 0.717) is 12.2 Å². The molecule has 0 heterocycles. The molecular formula is C18H21N3O2S. The van der Waals surface area contributed by atoms with Crippen LogP contribution in [0.4, 0.5) is 11.4 Å². The summed E-state index contributed by atoms with van der Waals surface area (Å²) in [6.45, 7) is 0.310. The Labute approximate surface area is 146 Å². The summed E-state index contributed by atoms with van der Waals surface area (Å²) in [7, 11) is 3.93. The Hall–Kier alpha value is -2.47. The highest BCUT2D eigenvalue weighted by Crippen LogP contribution is 2.18. The molecule has 0 saturated carbocycles. The Balaban J connectivity index is 1.88. The number of benzene rings is 2. The van der Waals surface area contributed by atoms with E-state index in [9.17, 15) is 9.59 Å². The number of hydrogen-bond donors (Lipinski definition) is 2. The Kier molecular flexibility index (Phi) is 6.26. The molecule has 6 heteroatoms. The van der Waals surface area contributed by atoms with Crippen LogP contribution in [0.2, 0.25) is 0 Å². The third kappa shape index (κ3) is 5.03. The Morgan fingerprint density at radius 1 is 1.04 bits per heavy atom. The molecule has 2 N–H and O–H groups in total. The Morgan fingerprint density at radius 3 is 2.38 bits per heavy atom. The molecule has 5 nitrogen and oxygen atoms in total. The van der Waals surface area contributed by atoms with Gasteiger partial charge in [0, 0.05) is 36.9 Å². The fourth-order valence-corrected chi connectivity index (χ4v) is 2.52. The smallest absolute Gasteiger partial charge is 0.313 e. The number of rotatable bonds is 5. The van der Waals surface area contributed by atoms with Crippen molar-refractivity contribution in [1.29, 1.82) is 0 Å². The van der Waals surface area contributed by atoms with Crippen LogP contribution in [0.5, 0.6) is 0 Å². The summed E-state index contributed by atoms with van der Waals surface area (Å²) < 4.78 is 0. The van der Waals surface area contributed by atoms with E-state index in [2.05, 4.69) is 10.6 Å². The second kappa shape index (κ2) is 8.40. The lowest BCUT2D eigenvalue weighted by Crippen LogP contribution is -2.34. The van der Waals surface area contributed by atoms with Crippen LogP contribution < -0.4 is 15.5 Å². The zero-order valence-electron chi connectivity index (χ0n) is 14.0. The second-order valence-electron chi connectivity index (χ2n) is 5.43. The van der Waals surface area contributed by atoms with Crippen molar-refractivity contribution in [3.05, 3.63) is 54.1 Å². The Bertz CT molecular complexity index is 714. The van der Waals surface area contributed by atoms with Crippen LogP contribution in [0.25, 0.3) is 0 Å². The quantitative estimate of drug-likeness (QED) is 0.647. The predicted molar refractivity (Wildman–Crippen MR) is 99.5 cm³/mol. The molecule has 2 aromatic carbocycles. The molecule has 0 bridgehead atoms. The highest BCUT2D eigenvalue weighted by Gasteiger charge is 2.13. The van der Waals surface area contributed by atoms with Crippen molar-refractivity contribution in [2.75, 3.05) is 30.6 Å². The van der Waals surface area contributed by atoms with Gasteiger partial charge in [-0.3, -0.25) is 9.59 Å². The van der Waals surface area contributed by atoms with Gasteiger partial charge in [-0.25, -0.2) is 0 Å². The summed E-state index contributed by atoms with van der Waals surface area (Å²) in [5.41, 5.74) is 2.62. The number of amides is 2. The summed E-state index contributed by atoms with van der Waals surface area (Å²) >= 11 is 1.57. The normalized spacial score (nSPS) is 10.1. The van der Waals surface area contributed by atoms with Crippen molar-refractivity contribution < 1.29 is 9.59 Å². The SMILES string of the molecule is CSc1cccc(NC(=O)C(=O)NCc2ccc(N(C)C)cc2)c1. The summed E-state index contributed by atoms with van der Waals surface area (Å²) in [5.74, 6) is -1.32. The van der Waals surface area contributed by atoms with Crippen LogP contribution in [0.3, 0.4) is 0 Å². The van der Waals surface area contributed by atoms with Crippen LogP contribution in [-0.4, -0.2) is 32.2 Å². The van der Waals surface area contributed by atoms with Crippen molar-refractivity contribution in [1.82, 2.24) is 5.32 Å². The van der Waals surface area contributed by atoms with E-state index < -0.39 is 11.8 Å². The standard InChI is InChI=1S/C18H21N3O2S/c1-21(2)15-9-7-13(8-10-15)12-19-17(22)18(23)20-14-5-4-6-16(11-14)24-3/h4-11H,12H2,1-3H3,(H,19,22)(H,20,23). The van der Waals surface area contributed by atoms with Gasteiger partial charge in [-0.1, -0.05) is 18.2 Å². The van der Waals surface area contributed by atoms with Crippen molar-refractivity contribution >= 4 is 35.0 Å². The third-order valence-corrected chi connectivity index (χ3v) is 4.16. The number of carbonyl (C=O) groups excluding carboxylic acids is 2. The molecule has 0 aromatic heterocycles. The molecule has 0 radical (unpaired) electrons. The average Bonchev–Trinajstić information content (AvgIpc) is 2.60. The van der Waals surface area contributed by atoms with E-state index in [1.165, 1.54) is 0 Å². The zero-order valence-corrected chi connectivity index (χ0v) is 14.8. The molecule has 0 spiro atoms. The van der Waals surface area contributed by atoms with Crippen molar-refractivity contribution in [3.8, 4) is 0 Å². The molecule has 2 amide bonds. The largest absolute Gasteiger partial charge is 0.378 e. The summed E-state index contributed by atoms with van der Waals surface area (Å²) in [4.78, 5) is 26.9. The van der Waals surface area contributed by atoms with Crippen LogP contribution in [-0.2, 0) is 16.1 Å². The van der Waals surface area contributed by atoms with E-state index in [1.54, 1.807) is 17.8 Å². The minimum absolute atomic E-state index is 0.310. The second-order valence-corrected chi connectivity index (χ2v) is 6.31. The maximum absolute atomic E-state index is 11.9. The number of nitrogens with zero attached hydrogens (tertiary/aromatic N) is 1. The van der Waals surface area contributed by atoms with Crippen molar-refractivity contribution in [2.24, 2.45) is 0 Å². The maximum Gasteiger partial charge on any atom is 0.313 e. The lowest BCUT2D eigenvalue weighted by molar-refractivity contribution is -0.136. The van der Waals surface area contributed by atoms with Crippen molar-refractivity contribution in [2.45, 2.75) is 11.4 Å². The monoisotopic (exact) mass is 343 g/mol. The highest BCUT2D eigenvalue weighted by atomic mass is 32.2. The summed E-state index contributed by atoms with van der Waals surface area (Å²) in [6.07, 6.45) is 1.95. The van der Waals surface area contributed by atoms with Crippen LogP contribution in [0.15, 0.2) is 53.4 Å². The van der Waals surface area contributed by atoms with Gasteiger partial charge in [0.2, 0.25) is 0 Å². The lowest BCUT2D eigenvalue weighted by Gasteiger charge is -2.13. The van der Waals surface area contributed by atoms with Gasteiger partial charge >= 0.3 is 11.8 Å². The first-order chi connectivity index (χ1) is 11.5. The molecule has 126 valence electrons. The molecule has 0 atom stereocenters. The molecule has 2 rings (SSSR count). The third-order valence-electron chi connectivity index (χ3n) is 3.44. The predicted octanol–water partition coefficient (Wildman–Crippen LogP) is 2.73. The van der Waals surface area contributed by atoms with Gasteiger partial charge in [0.1, 0.15) is 0 Å². The first-order valence-corrected chi connectivity index (χ1v) is 8.71. The van der Waals surface area contributed by atoms with Crippen LogP contribution in [0.1, 0.15) is 5.56 Å². The molecule has 0 unspecified atom stereocenters. The fourth-order valence-electron chi connectivity index (χ4n) is 2.06. The Morgan fingerprint density at radius 2 is 1.75 bits per heavy atom. The first-order valence-electron chi connectivity index (χ1n) is 7.49. The molecule has 0 aliphatic rings. The van der Waals surface area contributed by atoms with E-state index in [1.807, 2.05) is 67.7 Å². The number of hydrogen-bond acceptors (Lipinski definition) is 4. The number of nitrogens with one attached hydrogen (secondary N) is 2. The minimum Gasteiger partial charge on any atom is -0.378 e. The van der Waals surface area contributed by atoms with Crippen LogP contribution in [0, 0.1) is 0 Å². The maximum atomic E-state index is 11.9. The molecule has 0 aliphatic carbocycles. The van der Waals surface area contributed by atoms with E-state index in [-0.39, 0.29) is 0 Å². The lowest BCUT2D eigenvalue weighted by atomic mass is 10.2. The van der Waals surface area contributed by atoms with E-state index >= 15 is 0 Å². The van der Waals surface area contributed by atoms with Gasteiger partial charge in [-0.2, -0.15) is 0 Å². The van der Waals surface area contributed by atoms with Gasteiger partial charge in [0.05, 0.1) is 0 Å².